The Bertz CT molecular complexity index is 694. The van der Waals surface area contributed by atoms with Crippen LogP contribution in [0.2, 0.25) is 0 Å². The molecule has 0 aliphatic carbocycles. The predicted octanol–water partition coefficient (Wildman–Crippen LogP) is 1.50. The van der Waals surface area contributed by atoms with E-state index in [9.17, 15) is 9.90 Å². The first kappa shape index (κ1) is 14.0. The number of aliphatic carboxylic acids is 1. The van der Waals surface area contributed by atoms with Crippen LogP contribution in [0, 0.1) is 25.7 Å². The monoisotopic (exact) mass is 288 g/mol. The van der Waals surface area contributed by atoms with Crippen LogP contribution in [0.1, 0.15) is 24.0 Å². The van der Waals surface area contributed by atoms with E-state index in [0.717, 1.165) is 23.6 Å². The molecule has 0 amide bonds. The van der Waals surface area contributed by atoms with Gasteiger partial charge in [-0.2, -0.15) is 0 Å². The van der Waals surface area contributed by atoms with Crippen molar-refractivity contribution in [3.05, 3.63) is 29.3 Å². The highest BCUT2D eigenvalue weighted by atomic mass is 16.4. The molecule has 1 N–H and O–H groups in total. The van der Waals surface area contributed by atoms with Crippen molar-refractivity contribution in [1.82, 2.24) is 19.3 Å². The van der Waals surface area contributed by atoms with Gasteiger partial charge in [0.1, 0.15) is 0 Å². The third-order valence-electron chi connectivity index (χ3n) is 4.20. The standard InChI is InChI=1S/C15H20N4O2/c1-9-5-18(8-13(9)14(20)21)6-12-7-19-11(3)4-10(2)16-15(19)17-12/h4,7,9,13H,5-6,8H2,1-3H3,(H,20,21). The van der Waals surface area contributed by atoms with Gasteiger partial charge in [0, 0.05) is 37.2 Å². The highest BCUT2D eigenvalue weighted by Crippen LogP contribution is 2.24. The summed E-state index contributed by atoms with van der Waals surface area (Å²) in [6.45, 7) is 8.06. The van der Waals surface area contributed by atoms with Gasteiger partial charge in [0.05, 0.1) is 11.6 Å². The van der Waals surface area contributed by atoms with E-state index in [0.29, 0.717) is 18.9 Å². The van der Waals surface area contributed by atoms with Crippen LogP contribution in [0.15, 0.2) is 12.3 Å². The summed E-state index contributed by atoms with van der Waals surface area (Å²) in [5.74, 6) is -0.0801. The summed E-state index contributed by atoms with van der Waals surface area (Å²) in [5.41, 5.74) is 3.00. The minimum absolute atomic E-state index is 0.182. The van der Waals surface area contributed by atoms with E-state index >= 15 is 0 Å². The van der Waals surface area contributed by atoms with E-state index < -0.39 is 5.97 Å². The normalized spacial score (nSPS) is 23.0. The quantitative estimate of drug-likeness (QED) is 0.926. The van der Waals surface area contributed by atoms with Gasteiger partial charge in [0.2, 0.25) is 5.78 Å². The second-order valence-electron chi connectivity index (χ2n) is 6.06. The van der Waals surface area contributed by atoms with Crippen molar-refractivity contribution < 1.29 is 9.90 Å². The molecule has 2 unspecified atom stereocenters. The van der Waals surface area contributed by atoms with E-state index in [1.807, 2.05) is 37.4 Å². The first-order chi connectivity index (χ1) is 9.94. The number of nitrogens with zero attached hydrogens (tertiary/aromatic N) is 4. The molecular formula is C15H20N4O2. The summed E-state index contributed by atoms with van der Waals surface area (Å²) >= 11 is 0. The molecule has 112 valence electrons. The molecule has 6 heteroatoms. The van der Waals surface area contributed by atoms with Crippen LogP contribution >= 0.6 is 0 Å². The number of carboxylic acids is 1. The Labute approximate surface area is 123 Å². The molecule has 2 aromatic rings. The molecule has 3 rings (SSSR count). The maximum absolute atomic E-state index is 11.2. The molecule has 21 heavy (non-hydrogen) atoms. The van der Waals surface area contributed by atoms with Gasteiger partial charge in [0.15, 0.2) is 0 Å². The van der Waals surface area contributed by atoms with Gasteiger partial charge in [-0.05, 0) is 25.8 Å². The lowest BCUT2D eigenvalue weighted by atomic mass is 9.99. The third-order valence-corrected chi connectivity index (χ3v) is 4.20. The van der Waals surface area contributed by atoms with Crippen molar-refractivity contribution >= 4 is 11.7 Å². The molecule has 6 nitrogen and oxygen atoms in total. The Morgan fingerprint density at radius 2 is 2.14 bits per heavy atom. The summed E-state index contributed by atoms with van der Waals surface area (Å²) < 4.78 is 1.98. The van der Waals surface area contributed by atoms with Gasteiger partial charge in [0.25, 0.3) is 0 Å². The summed E-state index contributed by atoms with van der Waals surface area (Å²) in [6.07, 6.45) is 2.00. The molecule has 0 radical (unpaired) electrons. The van der Waals surface area contributed by atoms with Crippen LogP contribution in [0.4, 0.5) is 0 Å². The fourth-order valence-electron chi connectivity index (χ4n) is 3.14. The minimum Gasteiger partial charge on any atom is -0.481 e. The maximum atomic E-state index is 11.2. The van der Waals surface area contributed by atoms with E-state index in [1.165, 1.54) is 0 Å². The number of rotatable bonds is 3. The molecule has 1 aliphatic heterocycles. The van der Waals surface area contributed by atoms with E-state index in [2.05, 4.69) is 14.9 Å². The highest BCUT2D eigenvalue weighted by molar-refractivity contribution is 5.71. The number of hydrogen-bond donors (Lipinski definition) is 1. The molecule has 0 spiro atoms. The highest BCUT2D eigenvalue weighted by Gasteiger charge is 2.34. The Morgan fingerprint density at radius 1 is 1.38 bits per heavy atom. The first-order valence-electron chi connectivity index (χ1n) is 7.21. The van der Waals surface area contributed by atoms with Gasteiger partial charge >= 0.3 is 5.97 Å². The Morgan fingerprint density at radius 3 is 2.81 bits per heavy atom. The van der Waals surface area contributed by atoms with E-state index in [1.54, 1.807) is 0 Å². The van der Waals surface area contributed by atoms with Gasteiger partial charge in [-0.15, -0.1) is 0 Å². The van der Waals surface area contributed by atoms with Gasteiger partial charge < -0.3 is 5.11 Å². The van der Waals surface area contributed by atoms with Crippen LogP contribution in [0.5, 0.6) is 0 Å². The number of hydrogen-bond acceptors (Lipinski definition) is 4. The average Bonchev–Trinajstić information content (AvgIpc) is 2.93. The van der Waals surface area contributed by atoms with Crippen molar-refractivity contribution in [1.29, 1.82) is 0 Å². The number of imidazole rings is 1. The van der Waals surface area contributed by atoms with Gasteiger partial charge in [-0.1, -0.05) is 6.92 Å². The molecule has 1 saturated heterocycles. The lowest BCUT2D eigenvalue weighted by Gasteiger charge is -2.12. The molecule has 1 aliphatic rings. The Hall–Kier alpha value is -1.95. The Balaban J connectivity index is 1.80. The zero-order valence-electron chi connectivity index (χ0n) is 12.6. The van der Waals surface area contributed by atoms with Gasteiger partial charge in [-0.3, -0.25) is 14.1 Å². The smallest absolute Gasteiger partial charge is 0.308 e. The van der Waals surface area contributed by atoms with Crippen molar-refractivity contribution in [3.63, 3.8) is 0 Å². The van der Waals surface area contributed by atoms with Crippen LogP contribution in [-0.4, -0.2) is 43.4 Å². The third kappa shape index (κ3) is 2.63. The summed E-state index contributed by atoms with van der Waals surface area (Å²) in [7, 11) is 0. The zero-order chi connectivity index (χ0) is 15.1. The number of aromatic nitrogens is 3. The second kappa shape index (κ2) is 5.11. The minimum atomic E-state index is -0.701. The molecule has 1 fully saturated rings. The molecule has 2 aromatic heterocycles. The fourth-order valence-corrected chi connectivity index (χ4v) is 3.14. The first-order valence-corrected chi connectivity index (χ1v) is 7.21. The second-order valence-corrected chi connectivity index (χ2v) is 6.06. The number of likely N-dealkylation sites (tertiary alicyclic amines) is 1. The lowest BCUT2D eigenvalue weighted by molar-refractivity contribution is -0.142. The molecule has 0 aromatic carbocycles. The lowest BCUT2D eigenvalue weighted by Crippen LogP contribution is -2.23. The number of carboxylic acid groups (broad SMARTS) is 1. The van der Waals surface area contributed by atoms with Crippen molar-refractivity contribution in [2.75, 3.05) is 13.1 Å². The molecular weight excluding hydrogens is 268 g/mol. The maximum Gasteiger partial charge on any atom is 0.308 e. The number of fused-ring (bicyclic) bond motifs is 1. The zero-order valence-corrected chi connectivity index (χ0v) is 12.6. The predicted molar refractivity (Wildman–Crippen MR) is 78.0 cm³/mol. The summed E-state index contributed by atoms with van der Waals surface area (Å²) in [6, 6.07) is 2.02. The number of aryl methyl sites for hydroxylation is 2. The van der Waals surface area contributed by atoms with Crippen LogP contribution in [0.25, 0.3) is 5.78 Å². The van der Waals surface area contributed by atoms with Crippen molar-refractivity contribution in [3.8, 4) is 0 Å². The molecule has 0 saturated carbocycles. The SMILES string of the molecule is Cc1cc(C)n2cc(CN3CC(C)C(C(=O)O)C3)nc2n1. The van der Waals surface area contributed by atoms with Crippen molar-refractivity contribution in [2.45, 2.75) is 27.3 Å². The fraction of sp³-hybridized carbons (Fsp3) is 0.533. The molecule has 0 bridgehead atoms. The van der Waals surface area contributed by atoms with E-state index in [-0.39, 0.29) is 11.8 Å². The topological polar surface area (TPSA) is 70.7 Å². The van der Waals surface area contributed by atoms with Crippen LogP contribution < -0.4 is 0 Å². The van der Waals surface area contributed by atoms with Crippen LogP contribution in [0.3, 0.4) is 0 Å². The van der Waals surface area contributed by atoms with Gasteiger partial charge in [-0.25, -0.2) is 9.97 Å². The number of carbonyl (C=O) groups is 1. The molecule has 3 heterocycles. The summed E-state index contributed by atoms with van der Waals surface area (Å²) in [5, 5.41) is 9.19. The summed E-state index contributed by atoms with van der Waals surface area (Å²) in [4.78, 5) is 22.3. The van der Waals surface area contributed by atoms with Crippen molar-refractivity contribution in [2.24, 2.45) is 11.8 Å². The largest absolute Gasteiger partial charge is 0.481 e. The van der Waals surface area contributed by atoms with Crippen LogP contribution in [-0.2, 0) is 11.3 Å². The molecule has 2 atom stereocenters. The Kier molecular flexibility index (Phi) is 3.41. The average molecular weight is 288 g/mol. The van der Waals surface area contributed by atoms with E-state index in [4.69, 9.17) is 0 Å².